The predicted molar refractivity (Wildman–Crippen MR) is 74.6 cm³/mol. The molecule has 3 N–H and O–H groups in total. The third kappa shape index (κ3) is 5.82. The molecule has 0 aliphatic carbocycles. The van der Waals surface area contributed by atoms with E-state index in [1.807, 2.05) is 13.8 Å². The monoisotopic (exact) mass is 299 g/mol. The molecule has 1 amide bonds. The average molecular weight is 299 g/mol. The van der Waals surface area contributed by atoms with E-state index < -0.39 is 5.97 Å². The van der Waals surface area contributed by atoms with Crippen LogP contribution in [-0.2, 0) is 14.3 Å². The van der Waals surface area contributed by atoms with Crippen molar-refractivity contribution < 1.29 is 23.6 Å². The Labute approximate surface area is 122 Å². The zero-order chi connectivity index (χ0) is 15.8. The summed E-state index contributed by atoms with van der Waals surface area (Å²) in [5.74, 6) is -1.24. The number of hydrogen-bond acceptors (Lipinski definition) is 7. The maximum Gasteiger partial charge on any atom is 0.346 e. The Bertz CT molecular complexity index is 465. The van der Waals surface area contributed by atoms with Gasteiger partial charge in [-0.2, -0.15) is 0 Å². The molecule has 1 rings (SSSR count). The lowest BCUT2D eigenvalue weighted by molar-refractivity contribution is -0.124. The molecule has 0 radical (unpaired) electrons. The fourth-order valence-corrected chi connectivity index (χ4v) is 1.51. The highest BCUT2D eigenvalue weighted by molar-refractivity contribution is 5.96. The molecule has 118 valence electrons. The zero-order valence-electron chi connectivity index (χ0n) is 12.5. The SMILES string of the molecule is Cc1noc(N)c1C(=O)OCC(=O)NCCCOC(C)C. The number of nitrogens with zero attached hydrogens (tertiary/aromatic N) is 1. The number of carbonyl (C=O) groups is 2. The molecule has 8 heteroatoms. The zero-order valence-corrected chi connectivity index (χ0v) is 12.5. The quantitative estimate of drug-likeness (QED) is 0.534. The van der Waals surface area contributed by atoms with E-state index in [9.17, 15) is 9.59 Å². The highest BCUT2D eigenvalue weighted by Crippen LogP contribution is 2.16. The molecule has 0 aromatic carbocycles. The van der Waals surface area contributed by atoms with Gasteiger partial charge in [-0.25, -0.2) is 4.79 Å². The second-order valence-electron chi connectivity index (χ2n) is 4.71. The van der Waals surface area contributed by atoms with Crippen molar-refractivity contribution in [2.75, 3.05) is 25.5 Å². The van der Waals surface area contributed by atoms with Crippen LogP contribution < -0.4 is 11.1 Å². The number of anilines is 1. The third-order valence-corrected chi connectivity index (χ3v) is 2.52. The van der Waals surface area contributed by atoms with Gasteiger partial charge < -0.3 is 25.0 Å². The molecule has 0 fully saturated rings. The van der Waals surface area contributed by atoms with Crippen LogP contribution >= 0.6 is 0 Å². The van der Waals surface area contributed by atoms with Crippen LogP contribution in [0, 0.1) is 6.92 Å². The molecule has 0 aliphatic heterocycles. The van der Waals surface area contributed by atoms with Crippen LogP contribution in [0.25, 0.3) is 0 Å². The Hall–Kier alpha value is -2.09. The number of nitrogen functional groups attached to an aromatic ring is 1. The molecule has 0 aliphatic rings. The van der Waals surface area contributed by atoms with Crippen molar-refractivity contribution in [2.45, 2.75) is 33.3 Å². The summed E-state index contributed by atoms with van der Waals surface area (Å²) < 4.78 is 14.8. The number of nitrogens with one attached hydrogen (secondary N) is 1. The molecule has 21 heavy (non-hydrogen) atoms. The fraction of sp³-hybridized carbons (Fsp3) is 0.615. The molecule has 0 spiro atoms. The van der Waals surface area contributed by atoms with Crippen LogP contribution in [0.3, 0.4) is 0 Å². The van der Waals surface area contributed by atoms with Gasteiger partial charge in [0.25, 0.3) is 5.91 Å². The standard InChI is InChI=1S/C13H21N3O5/c1-8(2)19-6-4-5-15-10(17)7-20-13(18)11-9(3)16-21-12(11)14/h8H,4-7,14H2,1-3H3,(H,15,17). The first kappa shape index (κ1) is 17.0. The number of hydrogen-bond donors (Lipinski definition) is 2. The van der Waals surface area contributed by atoms with Crippen molar-refractivity contribution in [3.05, 3.63) is 11.3 Å². The van der Waals surface area contributed by atoms with E-state index in [0.717, 1.165) is 0 Å². The molecule has 1 heterocycles. The van der Waals surface area contributed by atoms with Crippen LogP contribution in [0.2, 0.25) is 0 Å². The van der Waals surface area contributed by atoms with Crippen LogP contribution in [0.5, 0.6) is 0 Å². The lowest BCUT2D eigenvalue weighted by Gasteiger charge is -2.08. The summed E-state index contributed by atoms with van der Waals surface area (Å²) in [6.45, 7) is 6.08. The van der Waals surface area contributed by atoms with Crippen LogP contribution in [0.4, 0.5) is 5.88 Å². The van der Waals surface area contributed by atoms with Gasteiger partial charge >= 0.3 is 5.97 Å². The minimum atomic E-state index is -0.732. The van der Waals surface area contributed by atoms with Crippen molar-refractivity contribution in [1.82, 2.24) is 10.5 Å². The topological polar surface area (TPSA) is 117 Å². The summed E-state index contributed by atoms with van der Waals surface area (Å²) in [6, 6.07) is 0. The highest BCUT2D eigenvalue weighted by Gasteiger charge is 2.20. The summed E-state index contributed by atoms with van der Waals surface area (Å²) in [4.78, 5) is 23.2. The van der Waals surface area contributed by atoms with Gasteiger partial charge in [0.1, 0.15) is 5.56 Å². The fourth-order valence-electron chi connectivity index (χ4n) is 1.51. The summed E-state index contributed by atoms with van der Waals surface area (Å²) in [5.41, 5.74) is 5.81. The van der Waals surface area contributed by atoms with Crippen LogP contribution in [-0.4, -0.2) is 42.9 Å². The minimum Gasteiger partial charge on any atom is -0.452 e. The van der Waals surface area contributed by atoms with Gasteiger partial charge in [0.05, 0.1) is 11.8 Å². The largest absolute Gasteiger partial charge is 0.452 e. The summed E-state index contributed by atoms with van der Waals surface area (Å²) in [7, 11) is 0. The smallest absolute Gasteiger partial charge is 0.346 e. The first-order valence-corrected chi connectivity index (χ1v) is 6.69. The van der Waals surface area contributed by atoms with Gasteiger partial charge in [0.15, 0.2) is 6.61 Å². The number of esters is 1. The second kappa shape index (κ2) is 8.25. The van der Waals surface area contributed by atoms with Crippen molar-refractivity contribution >= 4 is 17.8 Å². The first-order valence-electron chi connectivity index (χ1n) is 6.69. The summed E-state index contributed by atoms with van der Waals surface area (Å²) in [5, 5.41) is 6.15. The van der Waals surface area contributed by atoms with Gasteiger partial charge in [-0.15, -0.1) is 0 Å². The number of aryl methyl sites for hydroxylation is 1. The predicted octanol–water partition coefficient (Wildman–Crippen LogP) is 0.653. The van der Waals surface area contributed by atoms with Gasteiger partial charge in [-0.05, 0) is 27.2 Å². The molecule has 1 aromatic rings. The lowest BCUT2D eigenvalue weighted by Crippen LogP contribution is -2.30. The normalized spacial score (nSPS) is 10.7. The van der Waals surface area contributed by atoms with Crippen molar-refractivity contribution in [3.63, 3.8) is 0 Å². The van der Waals surface area contributed by atoms with E-state index in [-0.39, 0.29) is 30.1 Å². The van der Waals surface area contributed by atoms with E-state index >= 15 is 0 Å². The van der Waals surface area contributed by atoms with E-state index in [4.69, 9.17) is 15.2 Å². The Kier molecular flexibility index (Phi) is 6.67. The number of ether oxygens (including phenoxy) is 2. The van der Waals surface area contributed by atoms with Gasteiger partial charge in [-0.1, -0.05) is 5.16 Å². The third-order valence-electron chi connectivity index (χ3n) is 2.52. The minimum absolute atomic E-state index is 0.0492. The Morgan fingerprint density at radius 2 is 2.14 bits per heavy atom. The first-order chi connectivity index (χ1) is 9.91. The molecule has 0 atom stereocenters. The number of rotatable bonds is 8. The Morgan fingerprint density at radius 3 is 2.71 bits per heavy atom. The van der Waals surface area contributed by atoms with Crippen molar-refractivity contribution in [2.24, 2.45) is 0 Å². The van der Waals surface area contributed by atoms with E-state index in [1.165, 1.54) is 0 Å². The molecule has 0 bridgehead atoms. The number of carbonyl (C=O) groups excluding carboxylic acids is 2. The Balaban J connectivity index is 2.23. The molecular weight excluding hydrogens is 278 g/mol. The van der Waals surface area contributed by atoms with Crippen molar-refractivity contribution in [1.29, 1.82) is 0 Å². The second-order valence-corrected chi connectivity index (χ2v) is 4.71. The van der Waals surface area contributed by atoms with Crippen molar-refractivity contribution in [3.8, 4) is 0 Å². The number of nitrogens with two attached hydrogens (primary N) is 1. The van der Waals surface area contributed by atoms with Crippen LogP contribution in [0.15, 0.2) is 4.52 Å². The lowest BCUT2D eigenvalue weighted by atomic mass is 10.2. The van der Waals surface area contributed by atoms with E-state index in [2.05, 4.69) is 15.0 Å². The number of amides is 1. The van der Waals surface area contributed by atoms with Gasteiger partial charge in [0.2, 0.25) is 5.88 Å². The molecule has 0 unspecified atom stereocenters. The Morgan fingerprint density at radius 1 is 1.43 bits per heavy atom. The molecule has 1 aromatic heterocycles. The molecular formula is C13H21N3O5. The maximum atomic E-state index is 11.7. The summed E-state index contributed by atoms with van der Waals surface area (Å²) in [6.07, 6.45) is 0.856. The molecule has 0 saturated heterocycles. The number of aromatic nitrogens is 1. The van der Waals surface area contributed by atoms with Gasteiger partial charge in [-0.3, -0.25) is 4.79 Å². The van der Waals surface area contributed by atoms with Crippen LogP contribution in [0.1, 0.15) is 36.3 Å². The maximum absolute atomic E-state index is 11.7. The summed E-state index contributed by atoms with van der Waals surface area (Å²) >= 11 is 0. The van der Waals surface area contributed by atoms with E-state index in [1.54, 1.807) is 6.92 Å². The average Bonchev–Trinajstić information content (AvgIpc) is 2.75. The van der Waals surface area contributed by atoms with E-state index in [0.29, 0.717) is 25.3 Å². The van der Waals surface area contributed by atoms with Gasteiger partial charge in [0, 0.05) is 13.2 Å². The highest BCUT2D eigenvalue weighted by atomic mass is 16.5. The molecule has 8 nitrogen and oxygen atoms in total. The molecule has 0 saturated carbocycles.